The Labute approximate surface area is 139 Å². The van der Waals surface area contributed by atoms with Crippen molar-refractivity contribution in [3.63, 3.8) is 0 Å². The van der Waals surface area contributed by atoms with Crippen LogP contribution < -0.4 is 10.2 Å². The lowest BCUT2D eigenvalue weighted by Gasteiger charge is -2.22. The Morgan fingerprint density at radius 1 is 1.38 bits per heavy atom. The predicted molar refractivity (Wildman–Crippen MR) is 87.8 cm³/mol. The minimum atomic E-state index is -0.599. The second-order valence-electron chi connectivity index (χ2n) is 5.55. The summed E-state index contributed by atoms with van der Waals surface area (Å²) >= 11 is 0. The van der Waals surface area contributed by atoms with Gasteiger partial charge < -0.3 is 9.64 Å². The van der Waals surface area contributed by atoms with Gasteiger partial charge in [0, 0.05) is 11.7 Å². The topological polar surface area (TPSA) is 89.3 Å². The summed E-state index contributed by atoms with van der Waals surface area (Å²) < 4.78 is 4.77. The van der Waals surface area contributed by atoms with Crippen LogP contribution in [0.25, 0.3) is 0 Å². The summed E-state index contributed by atoms with van der Waals surface area (Å²) in [6, 6.07) is 7.97. The maximum absolute atomic E-state index is 12.6. The average molecular weight is 329 g/mol. The van der Waals surface area contributed by atoms with Crippen molar-refractivity contribution in [3.8, 4) is 0 Å². The van der Waals surface area contributed by atoms with E-state index in [2.05, 4.69) is 15.5 Å². The highest BCUT2D eigenvalue weighted by Crippen LogP contribution is 2.31. The van der Waals surface area contributed by atoms with Crippen molar-refractivity contribution in [2.45, 2.75) is 32.9 Å². The number of benzene rings is 1. The van der Waals surface area contributed by atoms with E-state index in [0.29, 0.717) is 0 Å². The van der Waals surface area contributed by atoms with Crippen molar-refractivity contribution in [2.24, 2.45) is 0 Å². The Balaban J connectivity index is 1.67. The fourth-order valence-electron chi connectivity index (χ4n) is 2.85. The third-order valence-electron chi connectivity index (χ3n) is 3.79. The number of carbonyl (C=O) groups is 2. The Morgan fingerprint density at radius 3 is 2.96 bits per heavy atom. The van der Waals surface area contributed by atoms with Crippen LogP contribution in [0.15, 0.2) is 30.5 Å². The fraction of sp³-hybridized carbons (Fsp3) is 0.375. The van der Waals surface area contributed by atoms with Crippen molar-refractivity contribution in [2.75, 3.05) is 16.8 Å². The molecule has 3 rings (SSSR count). The lowest BCUT2D eigenvalue weighted by atomic mass is 10.1. The number of aromatic nitrogens is 3. The molecule has 1 unspecified atom stereocenters. The molecule has 2 aromatic rings. The van der Waals surface area contributed by atoms with E-state index >= 15 is 0 Å². The number of fused-ring (bicyclic) bond motifs is 1. The van der Waals surface area contributed by atoms with Crippen LogP contribution in [-0.2, 0) is 22.5 Å². The van der Waals surface area contributed by atoms with Crippen LogP contribution in [0.2, 0.25) is 0 Å². The van der Waals surface area contributed by atoms with E-state index in [4.69, 9.17) is 4.74 Å². The Hall–Kier alpha value is -2.90. The monoisotopic (exact) mass is 329 g/mol. The molecule has 24 heavy (non-hydrogen) atoms. The zero-order valence-corrected chi connectivity index (χ0v) is 13.6. The van der Waals surface area contributed by atoms with Crippen LogP contribution >= 0.6 is 0 Å². The Morgan fingerprint density at radius 2 is 2.17 bits per heavy atom. The average Bonchev–Trinajstić information content (AvgIpc) is 3.10. The van der Waals surface area contributed by atoms with Crippen molar-refractivity contribution in [1.29, 1.82) is 0 Å². The van der Waals surface area contributed by atoms with Gasteiger partial charge in [-0.2, -0.15) is 9.90 Å². The third-order valence-corrected chi connectivity index (χ3v) is 3.79. The number of carbonyl (C=O) groups excluding carboxylic acids is 2. The summed E-state index contributed by atoms with van der Waals surface area (Å²) in [4.78, 5) is 27.0. The number of para-hydroxylation sites is 1. The van der Waals surface area contributed by atoms with Crippen molar-refractivity contribution in [1.82, 2.24) is 15.0 Å². The van der Waals surface area contributed by atoms with Gasteiger partial charge in [0.15, 0.2) is 5.82 Å². The molecule has 1 atom stereocenters. The summed E-state index contributed by atoms with van der Waals surface area (Å²) in [6.45, 7) is 4.00. The molecule has 126 valence electrons. The maximum Gasteiger partial charge on any atom is 0.412 e. The van der Waals surface area contributed by atoms with Gasteiger partial charge in [0.25, 0.3) is 5.91 Å². The van der Waals surface area contributed by atoms with Crippen LogP contribution in [0, 0.1) is 0 Å². The molecule has 8 heteroatoms. The lowest BCUT2D eigenvalue weighted by Crippen LogP contribution is -2.38. The van der Waals surface area contributed by atoms with Crippen LogP contribution in [-0.4, -0.2) is 39.6 Å². The zero-order valence-electron chi connectivity index (χ0n) is 13.6. The maximum atomic E-state index is 12.6. The fourth-order valence-corrected chi connectivity index (χ4v) is 2.85. The van der Waals surface area contributed by atoms with Gasteiger partial charge in [0.2, 0.25) is 0 Å². The summed E-state index contributed by atoms with van der Waals surface area (Å²) in [5.74, 6) is 0.154. The summed E-state index contributed by atoms with van der Waals surface area (Å²) in [7, 11) is 0. The summed E-state index contributed by atoms with van der Waals surface area (Å²) in [5.41, 5.74) is 2.10. The number of hydrogen-bond donors (Lipinski definition) is 1. The first-order valence-electron chi connectivity index (χ1n) is 7.82. The van der Waals surface area contributed by atoms with E-state index in [1.807, 2.05) is 31.2 Å². The largest absolute Gasteiger partial charge is 0.450 e. The van der Waals surface area contributed by atoms with E-state index in [1.54, 1.807) is 11.8 Å². The molecule has 0 saturated carbocycles. The van der Waals surface area contributed by atoms with Gasteiger partial charge >= 0.3 is 6.09 Å². The number of amides is 2. The number of nitrogens with one attached hydrogen (secondary N) is 1. The number of nitrogens with zero attached hydrogens (tertiary/aromatic N) is 4. The van der Waals surface area contributed by atoms with Gasteiger partial charge in [-0.25, -0.2) is 4.79 Å². The van der Waals surface area contributed by atoms with E-state index in [0.717, 1.165) is 17.7 Å². The molecule has 0 radical (unpaired) electrons. The van der Waals surface area contributed by atoms with Crippen LogP contribution in [0.5, 0.6) is 0 Å². The minimum Gasteiger partial charge on any atom is -0.450 e. The van der Waals surface area contributed by atoms with Gasteiger partial charge in [0.05, 0.1) is 12.8 Å². The van der Waals surface area contributed by atoms with E-state index in [1.165, 1.54) is 11.0 Å². The van der Waals surface area contributed by atoms with Gasteiger partial charge in [-0.1, -0.05) is 18.2 Å². The zero-order chi connectivity index (χ0) is 17.1. The molecule has 1 aliphatic heterocycles. The number of anilines is 2. The first kappa shape index (κ1) is 16.0. The van der Waals surface area contributed by atoms with Crippen LogP contribution in [0.3, 0.4) is 0 Å². The molecule has 1 aromatic heterocycles. The van der Waals surface area contributed by atoms with Crippen molar-refractivity contribution in [3.05, 3.63) is 36.0 Å². The molecule has 1 aromatic carbocycles. The second-order valence-corrected chi connectivity index (χ2v) is 5.55. The van der Waals surface area contributed by atoms with E-state index in [-0.39, 0.29) is 30.9 Å². The highest BCUT2D eigenvalue weighted by molar-refractivity contribution is 5.96. The predicted octanol–water partition coefficient (Wildman–Crippen LogP) is 1.82. The Bertz CT molecular complexity index is 758. The molecule has 2 amide bonds. The number of hydrogen-bond acceptors (Lipinski definition) is 5. The van der Waals surface area contributed by atoms with Gasteiger partial charge in [-0.3, -0.25) is 10.1 Å². The molecule has 0 spiro atoms. The quantitative estimate of drug-likeness (QED) is 0.924. The highest BCUT2D eigenvalue weighted by Gasteiger charge is 2.30. The molecule has 8 nitrogen and oxygen atoms in total. The van der Waals surface area contributed by atoms with Crippen molar-refractivity contribution >= 4 is 23.5 Å². The molecule has 0 fully saturated rings. The van der Waals surface area contributed by atoms with E-state index in [9.17, 15) is 9.59 Å². The van der Waals surface area contributed by atoms with Gasteiger partial charge in [-0.05, 0) is 31.9 Å². The van der Waals surface area contributed by atoms with Gasteiger partial charge in [-0.15, -0.1) is 5.10 Å². The van der Waals surface area contributed by atoms with E-state index < -0.39 is 6.09 Å². The molecule has 1 aliphatic rings. The summed E-state index contributed by atoms with van der Waals surface area (Å²) in [6.07, 6.45) is 1.62. The molecular weight excluding hydrogens is 310 g/mol. The summed E-state index contributed by atoms with van der Waals surface area (Å²) in [5, 5.41) is 10.5. The molecule has 0 aliphatic carbocycles. The molecule has 0 saturated heterocycles. The SMILES string of the molecule is CCOC(=O)Nc1cnn(CC(=O)N2c3ccccc3CC2C)n1. The Kier molecular flexibility index (Phi) is 4.45. The highest BCUT2D eigenvalue weighted by atomic mass is 16.5. The molecule has 2 heterocycles. The standard InChI is InChI=1S/C16H19N5O3/c1-3-24-16(23)18-14-9-17-20(19-14)10-15(22)21-11(2)8-12-6-4-5-7-13(12)21/h4-7,9,11H,3,8,10H2,1-2H3,(H,18,19,23). The van der Waals surface area contributed by atoms with Gasteiger partial charge in [0.1, 0.15) is 6.54 Å². The first-order chi connectivity index (χ1) is 11.6. The first-order valence-corrected chi connectivity index (χ1v) is 7.82. The molecular formula is C16H19N5O3. The van der Waals surface area contributed by atoms with Crippen molar-refractivity contribution < 1.29 is 14.3 Å². The number of ether oxygens (including phenoxy) is 1. The normalized spacial score (nSPS) is 15.9. The minimum absolute atomic E-state index is 0.00315. The van der Waals surface area contributed by atoms with Crippen LogP contribution in [0.4, 0.5) is 16.3 Å². The smallest absolute Gasteiger partial charge is 0.412 e. The molecule has 0 bridgehead atoms. The number of rotatable bonds is 4. The van der Waals surface area contributed by atoms with Crippen LogP contribution in [0.1, 0.15) is 19.4 Å². The molecule has 1 N–H and O–H groups in total. The third kappa shape index (κ3) is 3.22. The lowest BCUT2D eigenvalue weighted by molar-refractivity contribution is -0.119. The second kappa shape index (κ2) is 6.69.